The second kappa shape index (κ2) is 8.90. The van der Waals surface area contributed by atoms with E-state index in [1.807, 2.05) is 36.4 Å². The molecule has 0 bridgehead atoms. The number of nitrogens with zero attached hydrogens (tertiary/aromatic N) is 1. The number of hydrogen-bond donors (Lipinski definition) is 1. The zero-order valence-corrected chi connectivity index (χ0v) is 14.7. The van der Waals surface area contributed by atoms with Gasteiger partial charge in [-0.2, -0.15) is 5.26 Å². The molecule has 128 valence electrons. The third kappa shape index (κ3) is 5.66. The van der Waals surface area contributed by atoms with Crippen molar-refractivity contribution in [1.82, 2.24) is 0 Å². The lowest BCUT2D eigenvalue weighted by Crippen LogP contribution is -2.32. The summed E-state index contributed by atoms with van der Waals surface area (Å²) in [6.07, 6.45) is -0.933. The second-order valence-electron chi connectivity index (χ2n) is 5.33. The number of amides is 1. The molecule has 2 atom stereocenters. The highest BCUT2D eigenvalue weighted by atomic mass is 32.2. The molecule has 0 radical (unpaired) electrons. The van der Waals surface area contributed by atoms with Crippen molar-refractivity contribution in [2.45, 2.75) is 30.1 Å². The van der Waals surface area contributed by atoms with Gasteiger partial charge >= 0.3 is 5.97 Å². The van der Waals surface area contributed by atoms with Crippen LogP contribution in [0.2, 0.25) is 0 Å². The molecule has 0 aliphatic rings. The molecular weight excluding hydrogens is 336 g/mol. The van der Waals surface area contributed by atoms with Gasteiger partial charge in [0.1, 0.15) is 5.25 Å². The van der Waals surface area contributed by atoms with Gasteiger partial charge in [0.05, 0.1) is 11.6 Å². The molecular formula is C19H18N2O3S. The normalized spacial score (nSPS) is 12.5. The van der Waals surface area contributed by atoms with Crippen LogP contribution in [0.4, 0.5) is 5.69 Å². The Hall–Kier alpha value is -2.78. The summed E-state index contributed by atoms with van der Waals surface area (Å²) in [5, 5.41) is 11.1. The average Bonchev–Trinajstić information content (AvgIpc) is 2.62. The molecule has 1 amide bonds. The first-order valence-corrected chi connectivity index (χ1v) is 8.61. The molecule has 0 aliphatic heterocycles. The maximum absolute atomic E-state index is 12.2. The third-order valence-corrected chi connectivity index (χ3v) is 4.40. The molecule has 6 heteroatoms. The molecule has 25 heavy (non-hydrogen) atoms. The SMILES string of the molecule is C[C@H](OC(=O)[C@@H](C)Sc1ccccc1)C(=O)Nc1cccc(C#N)c1. The van der Waals surface area contributed by atoms with Crippen molar-refractivity contribution < 1.29 is 14.3 Å². The van der Waals surface area contributed by atoms with Gasteiger partial charge in [-0.3, -0.25) is 9.59 Å². The monoisotopic (exact) mass is 354 g/mol. The summed E-state index contributed by atoms with van der Waals surface area (Å²) in [6.45, 7) is 3.25. The van der Waals surface area contributed by atoms with E-state index in [0.717, 1.165) is 4.90 Å². The number of carbonyl (C=O) groups is 2. The van der Waals surface area contributed by atoms with Crippen LogP contribution in [0.25, 0.3) is 0 Å². The zero-order chi connectivity index (χ0) is 18.2. The van der Waals surface area contributed by atoms with Crippen molar-refractivity contribution in [3.8, 4) is 6.07 Å². The minimum absolute atomic E-state index is 0.431. The Kier molecular flexibility index (Phi) is 6.61. The van der Waals surface area contributed by atoms with Gasteiger partial charge in [0.25, 0.3) is 5.91 Å². The predicted octanol–water partition coefficient (Wildman–Crippen LogP) is 3.61. The molecule has 2 aromatic carbocycles. The first kappa shape index (κ1) is 18.6. The molecule has 5 nitrogen and oxygen atoms in total. The fraction of sp³-hybridized carbons (Fsp3) is 0.211. The van der Waals surface area contributed by atoms with Gasteiger partial charge < -0.3 is 10.1 Å². The van der Waals surface area contributed by atoms with Gasteiger partial charge in [0.15, 0.2) is 6.10 Å². The fourth-order valence-corrected chi connectivity index (χ4v) is 2.86. The summed E-state index contributed by atoms with van der Waals surface area (Å²) in [5.74, 6) is -0.900. The minimum atomic E-state index is -0.933. The van der Waals surface area contributed by atoms with Crippen LogP contribution < -0.4 is 5.32 Å². The van der Waals surface area contributed by atoms with Crippen molar-refractivity contribution in [3.05, 3.63) is 60.2 Å². The van der Waals surface area contributed by atoms with Crippen LogP contribution in [0.3, 0.4) is 0 Å². The van der Waals surface area contributed by atoms with Crippen LogP contribution in [0.15, 0.2) is 59.5 Å². The molecule has 0 spiro atoms. The van der Waals surface area contributed by atoms with Gasteiger partial charge in [-0.15, -0.1) is 11.8 Å². The standard InChI is InChI=1S/C19H18N2O3S/c1-13(18(22)21-16-8-6-7-15(11-16)12-20)24-19(23)14(2)25-17-9-4-3-5-10-17/h3-11,13-14H,1-2H3,(H,21,22)/t13-,14+/m0/s1. The Labute approximate surface area is 151 Å². The maximum atomic E-state index is 12.2. The van der Waals surface area contributed by atoms with Crippen LogP contribution in [-0.2, 0) is 14.3 Å². The second-order valence-corrected chi connectivity index (χ2v) is 6.75. The Morgan fingerprint density at radius 3 is 2.52 bits per heavy atom. The van der Waals surface area contributed by atoms with E-state index in [2.05, 4.69) is 5.32 Å². The Bertz CT molecular complexity index is 787. The smallest absolute Gasteiger partial charge is 0.319 e. The van der Waals surface area contributed by atoms with E-state index in [9.17, 15) is 9.59 Å². The third-order valence-electron chi connectivity index (χ3n) is 3.31. The highest BCUT2D eigenvalue weighted by Gasteiger charge is 2.22. The summed E-state index contributed by atoms with van der Waals surface area (Å²) in [4.78, 5) is 25.3. The van der Waals surface area contributed by atoms with Gasteiger partial charge in [-0.05, 0) is 44.2 Å². The van der Waals surface area contributed by atoms with E-state index in [1.54, 1.807) is 31.2 Å². The zero-order valence-electron chi connectivity index (χ0n) is 13.9. The van der Waals surface area contributed by atoms with Crippen molar-refractivity contribution in [3.63, 3.8) is 0 Å². The highest BCUT2D eigenvalue weighted by Crippen LogP contribution is 2.23. The Balaban J connectivity index is 1.89. The Morgan fingerprint density at radius 1 is 1.12 bits per heavy atom. The van der Waals surface area contributed by atoms with Crippen molar-refractivity contribution in [2.24, 2.45) is 0 Å². The van der Waals surface area contributed by atoms with Gasteiger partial charge in [0, 0.05) is 10.6 Å². The number of esters is 1. The maximum Gasteiger partial charge on any atom is 0.319 e. The average molecular weight is 354 g/mol. The number of ether oxygens (including phenoxy) is 1. The molecule has 0 saturated heterocycles. The number of rotatable bonds is 6. The molecule has 0 heterocycles. The van der Waals surface area contributed by atoms with Gasteiger partial charge in [-0.25, -0.2) is 0 Å². The van der Waals surface area contributed by atoms with Crippen LogP contribution in [0.5, 0.6) is 0 Å². The first-order valence-electron chi connectivity index (χ1n) is 7.73. The predicted molar refractivity (Wildman–Crippen MR) is 97.1 cm³/mol. The van der Waals surface area contributed by atoms with E-state index in [0.29, 0.717) is 11.3 Å². The molecule has 0 aromatic heterocycles. The van der Waals surface area contributed by atoms with Crippen LogP contribution in [0, 0.1) is 11.3 Å². The summed E-state index contributed by atoms with van der Waals surface area (Å²) in [7, 11) is 0. The topological polar surface area (TPSA) is 79.2 Å². The number of anilines is 1. The lowest BCUT2D eigenvalue weighted by molar-refractivity contribution is -0.152. The number of carbonyl (C=O) groups excluding carboxylic acids is 2. The quantitative estimate of drug-likeness (QED) is 0.633. The van der Waals surface area contributed by atoms with Crippen molar-refractivity contribution in [1.29, 1.82) is 5.26 Å². The number of nitriles is 1. The van der Waals surface area contributed by atoms with Crippen LogP contribution in [0.1, 0.15) is 19.4 Å². The fourth-order valence-electron chi connectivity index (χ4n) is 1.99. The molecule has 0 saturated carbocycles. The van der Waals surface area contributed by atoms with Crippen molar-refractivity contribution in [2.75, 3.05) is 5.32 Å². The number of benzene rings is 2. The number of thioether (sulfide) groups is 1. The largest absolute Gasteiger partial charge is 0.452 e. The molecule has 0 fully saturated rings. The highest BCUT2D eigenvalue weighted by molar-refractivity contribution is 8.00. The van der Waals surface area contributed by atoms with E-state index < -0.39 is 23.2 Å². The van der Waals surface area contributed by atoms with Crippen molar-refractivity contribution >= 4 is 29.3 Å². The summed E-state index contributed by atoms with van der Waals surface area (Å²) in [5.41, 5.74) is 0.925. The first-order chi connectivity index (χ1) is 12.0. The van der Waals surface area contributed by atoms with Gasteiger partial charge in [0.2, 0.25) is 0 Å². The minimum Gasteiger partial charge on any atom is -0.452 e. The number of hydrogen-bond acceptors (Lipinski definition) is 5. The summed E-state index contributed by atoms with van der Waals surface area (Å²) < 4.78 is 5.24. The van der Waals surface area contributed by atoms with E-state index in [1.165, 1.54) is 18.7 Å². The number of nitrogens with one attached hydrogen (secondary N) is 1. The molecule has 0 unspecified atom stereocenters. The van der Waals surface area contributed by atoms with Gasteiger partial charge in [-0.1, -0.05) is 24.3 Å². The lowest BCUT2D eigenvalue weighted by Gasteiger charge is -2.16. The van der Waals surface area contributed by atoms with Crippen LogP contribution >= 0.6 is 11.8 Å². The molecule has 2 aromatic rings. The molecule has 1 N–H and O–H groups in total. The van der Waals surface area contributed by atoms with E-state index in [4.69, 9.17) is 10.00 Å². The molecule has 2 rings (SSSR count). The Morgan fingerprint density at radius 2 is 1.84 bits per heavy atom. The summed E-state index contributed by atoms with van der Waals surface area (Å²) in [6, 6.07) is 18.0. The lowest BCUT2D eigenvalue weighted by atomic mass is 10.2. The van der Waals surface area contributed by atoms with Crippen LogP contribution in [-0.4, -0.2) is 23.2 Å². The molecule has 0 aliphatic carbocycles. The summed E-state index contributed by atoms with van der Waals surface area (Å²) >= 11 is 1.37. The van der Waals surface area contributed by atoms with E-state index in [-0.39, 0.29) is 0 Å². The van der Waals surface area contributed by atoms with E-state index >= 15 is 0 Å².